The number of aromatic nitrogens is 2. The predicted molar refractivity (Wildman–Crippen MR) is 116 cm³/mol. The van der Waals surface area contributed by atoms with Gasteiger partial charge in [-0.1, -0.05) is 6.07 Å². The van der Waals surface area contributed by atoms with E-state index in [1.165, 1.54) is 28.9 Å². The molecule has 1 aliphatic heterocycles. The van der Waals surface area contributed by atoms with Crippen LogP contribution in [-0.4, -0.2) is 28.3 Å². The molecule has 1 N–H and O–H groups in total. The van der Waals surface area contributed by atoms with Gasteiger partial charge in [-0.15, -0.1) is 11.3 Å². The van der Waals surface area contributed by atoms with Crippen molar-refractivity contribution in [2.45, 2.75) is 32.2 Å². The summed E-state index contributed by atoms with van der Waals surface area (Å²) in [6, 6.07) is 10.1. The summed E-state index contributed by atoms with van der Waals surface area (Å²) >= 11 is 1.51. The molecule has 0 bridgehead atoms. The number of carbonyl (C=O) groups is 2. The number of pyridine rings is 1. The van der Waals surface area contributed by atoms with Gasteiger partial charge in [0.1, 0.15) is 5.01 Å². The molecule has 5 rings (SSSR count). The van der Waals surface area contributed by atoms with Crippen molar-refractivity contribution in [1.29, 1.82) is 0 Å². The van der Waals surface area contributed by atoms with Crippen molar-refractivity contribution < 1.29 is 9.59 Å². The van der Waals surface area contributed by atoms with Crippen LogP contribution in [0.25, 0.3) is 11.3 Å². The fourth-order valence-corrected chi connectivity index (χ4v) is 4.96. The van der Waals surface area contributed by atoms with E-state index in [1.54, 1.807) is 17.3 Å². The minimum Gasteiger partial charge on any atom is -0.349 e. The minimum absolute atomic E-state index is 0.0160. The topological polar surface area (TPSA) is 75.2 Å². The van der Waals surface area contributed by atoms with Crippen LogP contribution in [0.1, 0.15) is 29.0 Å². The van der Waals surface area contributed by atoms with E-state index in [2.05, 4.69) is 27.4 Å². The summed E-state index contributed by atoms with van der Waals surface area (Å²) in [5, 5.41) is 5.78. The van der Waals surface area contributed by atoms with Crippen LogP contribution in [0.15, 0.2) is 48.1 Å². The summed E-state index contributed by atoms with van der Waals surface area (Å²) in [6.07, 6.45) is 7.10. The summed E-state index contributed by atoms with van der Waals surface area (Å²) in [5.41, 5.74) is 5.52. The smallest absolute Gasteiger partial charge is 0.227 e. The highest BCUT2D eigenvalue weighted by atomic mass is 32.1. The highest BCUT2D eigenvalue weighted by molar-refractivity contribution is 7.09. The number of benzene rings is 1. The van der Waals surface area contributed by atoms with Crippen LogP contribution < -0.4 is 10.2 Å². The van der Waals surface area contributed by atoms with Gasteiger partial charge in [0.25, 0.3) is 0 Å². The van der Waals surface area contributed by atoms with Crippen LogP contribution in [0, 0.1) is 5.92 Å². The van der Waals surface area contributed by atoms with Crippen molar-refractivity contribution in [2.24, 2.45) is 5.92 Å². The zero-order valence-corrected chi connectivity index (χ0v) is 17.3. The number of amides is 2. The third kappa shape index (κ3) is 3.73. The standard InChI is InChI=1S/C23H22N4O2S/c28-22-11-18(13-27(22)19-5-4-15-2-1-3-17(15)10-19)23(29)25-12-21-26-20(14-30-21)16-6-8-24-9-7-16/h4-10,14,18H,1-3,11-13H2,(H,25,29). The maximum atomic E-state index is 12.7. The Bertz CT molecular complexity index is 1100. The van der Waals surface area contributed by atoms with E-state index in [0.29, 0.717) is 13.1 Å². The molecule has 3 heterocycles. The lowest BCUT2D eigenvalue weighted by molar-refractivity contribution is -0.126. The van der Waals surface area contributed by atoms with E-state index in [4.69, 9.17) is 0 Å². The Balaban J connectivity index is 1.20. The molecular formula is C23H22N4O2S. The SMILES string of the molecule is O=C(NCc1nc(-c2ccncc2)cs1)C1CC(=O)N(c2ccc3c(c2)CCC3)C1. The number of fused-ring (bicyclic) bond motifs is 1. The summed E-state index contributed by atoms with van der Waals surface area (Å²) in [6.45, 7) is 0.807. The molecule has 1 aliphatic carbocycles. The average Bonchev–Trinajstić information content (AvgIpc) is 3.51. The molecule has 2 aromatic heterocycles. The Morgan fingerprint density at radius 3 is 2.87 bits per heavy atom. The fourth-order valence-electron chi connectivity index (χ4n) is 4.21. The van der Waals surface area contributed by atoms with Crippen molar-refractivity contribution in [1.82, 2.24) is 15.3 Å². The van der Waals surface area contributed by atoms with Crippen molar-refractivity contribution in [3.63, 3.8) is 0 Å². The van der Waals surface area contributed by atoms with Crippen molar-refractivity contribution in [3.8, 4) is 11.3 Å². The van der Waals surface area contributed by atoms with E-state index in [9.17, 15) is 9.59 Å². The first-order chi connectivity index (χ1) is 14.7. The second kappa shape index (κ2) is 7.99. The van der Waals surface area contributed by atoms with Crippen LogP contribution in [-0.2, 0) is 29.0 Å². The highest BCUT2D eigenvalue weighted by Gasteiger charge is 2.35. The first kappa shape index (κ1) is 18.9. The van der Waals surface area contributed by atoms with Crippen LogP contribution in [0.5, 0.6) is 0 Å². The van der Waals surface area contributed by atoms with E-state index < -0.39 is 0 Å². The molecule has 1 aromatic carbocycles. The number of nitrogens with zero attached hydrogens (tertiary/aromatic N) is 3. The zero-order valence-electron chi connectivity index (χ0n) is 16.5. The second-order valence-corrected chi connectivity index (χ2v) is 8.73. The number of rotatable bonds is 5. The molecule has 1 unspecified atom stereocenters. The molecule has 1 saturated heterocycles. The second-order valence-electron chi connectivity index (χ2n) is 7.79. The number of thiazole rings is 1. The molecule has 1 atom stereocenters. The van der Waals surface area contributed by atoms with Crippen LogP contribution in [0.2, 0.25) is 0 Å². The van der Waals surface area contributed by atoms with Crippen LogP contribution in [0.3, 0.4) is 0 Å². The lowest BCUT2D eigenvalue weighted by atomic mass is 10.1. The quantitative estimate of drug-likeness (QED) is 0.689. The monoisotopic (exact) mass is 418 g/mol. The van der Waals surface area contributed by atoms with Gasteiger partial charge in [-0.3, -0.25) is 14.6 Å². The number of hydrogen-bond acceptors (Lipinski definition) is 5. The molecule has 6 nitrogen and oxygen atoms in total. The number of aryl methyl sites for hydroxylation is 2. The van der Waals surface area contributed by atoms with Gasteiger partial charge in [0.05, 0.1) is 18.2 Å². The number of hydrogen-bond donors (Lipinski definition) is 1. The van der Waals surface area contributed by atoms with Crippen LogP contribution >= 0.6 is 11.3 Å². The minimum atomic E-state index is -0.328. The third-order valence-electron chi connectivity index (χ3n) is 5.83. The maximum absolute atomic E-state index is 12.7. The molecule has 7 heteroatoms. The molecule has 0 saturated carbocycles. The molecule has 0 spiro atoms. The Labute approximate surface area is 179 Å². The molecule has 2 amide bonds. The van der Waals surface area contributed by atoms with Gasteiger partial charge in [-0.05, 0) is 54.7 Å². The summed E-state index contributed by atoms with van der Waals surface area (Å²) < 4.78 is 0. The Morgan fingerprint density at radius 2 is 2.00 bits per heavy atom. The van der Waals surface area contributed by atoms with Gasteiger partial charge in [-0.25, -0.2) is 4.98 Å². The molecule has 3 aromatic rings. The first-order valence-corrected chi connectivity index (χ1v) is 11.1. The zero-order chi connectivity index (χ0) is 20.5. The van der Waals surface area contributed by atoms with E-state index in [0.717, 1.165) is 34.8 Å². The summed E-state index contributed by atoms with van der Waals surface area (Å²) in [7, 11) is 0. The Morgan fingerprint density at radius 1 is 1.17 bits per heavy atom. The van der Waals surface area contributed by atoms with Gasteiger partial charge >= 0.3 is 0 Å². The lowest BCUT2D eigenvalue weighted by Gasteiger charge is -2.18. The molecule has 0 radical (unpaired) electrons. The molecule has 2 aliphatic rings. The maximum Gasteiger partial charge on any atom is 0.227 e. The summed E-state index contributed by atoms with van der Waals surface area (Å²) in [4.78, 5) is 35.6. The van der Waals surface area contributed by atoms with Crippen LogP contribution in [0.4, 0.5) is 5.69 Å². The Kier molecular flexibility index (Phi) is 5.04. The highest BCUT2D eigenvalue weighted by Crippen LogP contribution is 2.30. The van der Waals surface area contributed by atoms with Gasteiger partial charge in [-0.2, -0.15) is 0 Å². The predicted octanol–water partition coefficient (Wildman–Crippen LogP) is 3.36. The number of anilines is 1. The normalized spacial score (nSPS) is 17.9. The number of nitrogens with one attached hydrogen (secondary N) is 1. The van der Waals surface area contributed by atoms with E-state index in [-0.39, 0.29) is 24.2 Å². The molecule has 152 valence electrons. The first-order valence-electron chi connectivity index (χ1n) is 10.2. The third-order valence-corrected chi connectivity index (χ3v) is 6.68. The Hall–Kier alpha value is -3.06. The fraction of sp³-hybridized carbons (Fsp3) is 0.304. The average molecular weight is 419 g/mol. The largest absolute Gasteiger partial charge is 0.349 e. The van der Waals surface area contributed by atoms with Gasteiger partial charge in [0, 0.05) is 42.0 Å². The van der Waals surface area contributed by atoms with Crippen molar-refractivity contribution in [2.75, 3.05) is 11.4 Å². The molecule has 30 heavy (non-hydrogen) atoms. The van der Waals surface area contributed by atoms with Gasteiger partial charge in [0.15, 0.2) is 0 Å². The number of carbonyl (C=O) groups excluding carboxylic acids is 2. The van der Waals surface area contributed by atoms with Crippen molar-refractivity contribution >= 4 is 28.8 Å². The molecular weight excluding hydrogens is 396 g/mol. The lowest BCUT2D eigenvalue weighted by Crippen LogP contribution is -2.32. The van der Waals surface area contributed by atoms with Gasteiger partial charge < -0.3 is 10.2 Å². The molecule has 1 fully saturated rings. The van der Waals surface area contributed by atoms with Crippen molar-refractivity contribution in [3.05, 3.63) is 64.2 Å². The van der Waals surface area contributed by atoms with E-state index in [1.807, 2.05) is 23.6 Å². The summed E-state index contributed by atoms with van der Waals surface area (Å²) in [5.74, 6) is -0.402. The van der Waals surface area contributed by atoms with Gasteiger partial charge in [0.2, 0.25) is 11.8 Å². The van der Waals surface area contributed by atoms with E-state index >= 15 is 0 Å².